The Morgan fingerprint density at radius 3 is 2.90 bits per heavy atom. The quantitative estimate of drug-likeness (QED) is 0.693. The van der Waals surface area contributed by atoms with Crippen molar-refractivity contribution in [1.82, 2.24) is 5.16 Å². The summed E-state index contributed by atoms with van der Waals surface area (Å²) in [6.07, 6.45) is 0.0199. The first kappa shape index (κ1) is 14.4. The average molecular weight is 295 g/mol. The molecule has 0 unspecified atom stereocenters. The molecule has 0 bridgehead atoms. The lowest BCUT2D eigenvalue weighted by Gasteiger charge is -2.07. The highest BCUT2D eigenvalue weighted by Crippen LogP contribution is 2.33. The van der Waals surface area contributed by atoms with Crippen LogP contribution in [0.2, 0.25) is 5.02 Å². The molecule has 2 N–H and O–H groups in total. The molecule has 1 aromatic heterocycles. The van der Waals surface area contributed by atoms with Crippen LogP contribution in [-0.2, 0) is 16.0 Å². The lowest BCUT2D eigenvalue weighted by Crippen LogP contribution is -2.07. The first-order valence-electron chi connectivity index (χ1n) is 6.19. The van der Waals surface area contributed by atoms with E-state index in [1.807, 2.05) is 0 Å². The molecule has 0 radical (unpaired) electrons. The Balaban J connectivity index is 2.41. The van der Waals surface area contributed by atoms with Gasteiger partial charge in [0.05, 0.1) is 17.9 Å². The number of halogens is 1. The summed E-state index contributed by atoms with van der Waals surface area (Å²) in [4.78, 5) is 11.6. The lowest BCUT2D eigenvalue weighted by molar-refractivity contribution is -0.142. The van der Waals surface area contributed by atoms with Crippen molar-refractivity contribution in [3.8, 4) is 11.1 Å². The number of nitrogens with two attached hydrogens (primary N) is 1. The van der Waals surface area contributed by atoms with Gasteiger partial charge in [-0.15, -0.1) is 0 Å². The average Bonchev–Trinajstić information content (AvgIpc) is 2.71. The highest BCUT2D eigenvalue weighted by Gasteiger charge is 2.20. The van der Waals surface area contributed by atoms with E-state index in [1.54, 1.807) is 32.0 Å². The van der Waals surface area contributed by atoms with E-state index in [0.29, 0.717) is 34.3 Å². The summed E-state index contributed by atoms with van der Waals surface area (Å²) >= 11 is 5.89. The number of esters is 1. The monoisotopic (exact) mass is 294 g/mol. The fourth-order valence-corrected chi connectivity index (χ4v) is 2.17. The molecule has 106 valence electrons. The zero-order chi connectivity index (χ0) is 14.7. The number of rotatable bonds is 4. The van der Waals surface area contributed by atoms with E-state index in [9.17, 15) is 4.79 Å². The maximum absolute atomic E-state index is 11.6. The van der Waals surface area contributed by atoms with Crippen molar-refractivity contribution >= 4 is 23.3 Å². The van der Waals surface area contributed by atoms with E-state index in [0.717, 1.165) is 5.56 Å². The van der Waals surface area contributed by atoms with E-state index in [4.69, 9.17) is 26.6 Å². The summed E-state index contributed by atoms with van der Waals surface area (Å²) in [6, 6.07) is 5.16. The Kier molecular flexibility index (Phi) is 4.29. The van der Waals surface area contributed by atoms with Gasteiger partial charge in [0.25, 0.3) is 0 Å². The number of hydrogen-bond acceptors (Lipinski definition) is 5. The number of ether oxygens (including phenoxy) is 1. The summed E-state index contributed by atoms with van der Waals surface area (Å²) in [7, 11) is 0. The third-order valence-corrected chi connectivity index (χ3v) is 3.06. The van der Waals surface area contributed by atoms with Gasteiger partial charge in [0, 0.05) is 16.3 Å². The number of hydrogen-bond donors (Lipinski definition) is 1. The number of nitrogens with zero attached hydrogens (tertiary/aromatic N) is 1. The highest BCUT2D eigenvalue weighted by molar-refractivity contribution is 6.31. The van der Waals surface area contributed by atoms with Crippen molar-refractivity contribution in [3.05, 3.63) is 34.7 Å². The molecule has 0 aliphatic rings. The third-order valence-electron chi connectivity index (χ3n) is 2.83. The maximum atomic E-state index is 11.6. The minimum absolute atomic E-state index is 0.0199. The number of benzene rings is 1. The Bertz CT molecular complexity index is 637. The first-order valence-corrected chi connectivity index (χ1v) is 6.57. The van der Waals surface area contributed by atoms with Crippen LogP contribution < -0.4 is 5.73 Å². The minimum Gasteiger partial charge on any atom is -0.466 e. The molecule has 0 spiro atoms. The molecule has 0 fully saturated rings. The Morgan fingerprint density at radius 1 is 1.50 bits per heavy atom. The molecule has 1 heterocycles. The standard InChI is InChI=1S/C14H15ClN2O3/c1-3-19-13(18)7-12-14(8(2)17-20-12)10-5-4-9(15)6-11(10)16/h4-6H,3,7,16H2,1-2H3. The van der Waals surface area contributed by atoms with Gasteiger partial charge in [-0.05, 0) is 26.0 Å². The molecule has 0 saturated carbocycles. The Hall–Kier alpha value is -2.01. The zero-order valence-electron chi connectivity index (χ0n) is 11.3. The fraction of sp³-hybridized carbons (Fsp3) is 0.286. The van der Waals surface area contributed by atoms with Gasteiger partial charge in [0.2, 0.25) is 0 Å². The topological polar surface area (TPSA) is 78.3 Å². The van der Waals surface area contributed by atoms with Crippen molar-refractivity contribution in [2.45, 2.75) is 20.3 Å². The second-order valence-corrected chi connectivity index (χ2v) is 4.72. The fourth-order valence-electron chi connectivity index (χ4n) is 1.99. The molecule has 20 heavy (non-hydrogen) atoms. The summed E-state index contributed by atoms with van der Waals surface area (Å²) < 4.78 is 10.1. The number of carbonyl (C=O) groups is 1. The van der Waals surface area contributed by atoms with E-state index in [-0.39, 0.29) is 12.4 Å². The molecule has 6 heteroatoms. The summed E-state index contributed by atoms with van der Waals surface area (Å²) in [5.74, 6) is 0.0763. The van der Waals surface area contributed by atoms with Crippen molar-refractivity contribution in [1.29, 1.82) is 0 Å². The van der Waals surface area contributed by atoms with Crippen LogP contribution in [0.5, 0.6) is 0 Å². The lowest BCUT2D eigenvalue weighted by atomic mass is 10.0. The van der Waals surface area contributed by atoms with Crippen molar-refractivity contribution in [2.24, 2.45) is 0 Å². The molecule has 2 aromatic rings. The van der Waals surface area contributed by atoms with Gasteiger partial charge in [-0.25, -0.2) is 0 Å². The molecule has 5 nitrogen and oxygen atoms in total. The van der Waals surface area contributed by atoms with Crippen molar-refractivity contribution in [3.63, 3.8) is 0 Å². The van der Waals surface area contributed by atoms with Crippen LogP contribution in [0.25, 0.3) is 11.1 Å². The zero-order valence-corrected chi connectivity index (χ0v) is 12.0. The van der Waals surface area contributed by atoms with Gasteiger partial charge >= 0.3 is 5.97 Å². The number of nitrogen functional groups attached to an aromatic ring is 1. The molecule has 0 saturated heterocycles. The molecule has 0 aliphatic heterocycles. The van der Waals surface area contributed by atoms with Crippen LogP contribution in [0, 0.1) is 6.92 Å². The SMILES string of the molecule is CCOC(=O)Cc1onc(C)c1-c1ccc(Cl)cc1N. The third kappa shape index (κ3) is 2.93. The molecule has 2 rings (SSSR count). The van der Waals surface area contributed by atoms with Gasteiger partial charge in [-0.2, -0.15) is 0 Å². The summed E-state index contributed by atoms with van der Waals surface area (Å²) in [6.45, 7) is 3.87. The number of carbonyl (C=O) groups excluding carboxylic acids is 1. The van der Waals surface area contributed by atoms with Crippen LogP contribution in [0.3, 0.4) is 0 Å². The summed E-state index contributed by atoms with van der Waals surface area (Å²) in [5, 5.41) is 4.45. The van der Waals surface area contributed by atoms with Crippen LogP contribution in [0.15, 0.2) is 22.7 Å². The molecule has 1 aromatic carbocycles. The van der Waals surface area contributed by atoms with Crippen molar-refractivity contribution in [2.75, 3.05) is 12.3 Å². The van der Waals surface area contributed by atoms with Gasteiger partial charge in [-0.3, -0.25) is 4.79 Å². The smallest absolute Gasteiger partial charge is 0.313 e. The Morgan fingerprint density at radius 2 is 2.25 bits per heavy atom. The number of aryl methyl sites for hydroxylation is 1. The second-order valence-electron chi connectivity index (χ2n) is 4.28. The van der Waals surface area contributed by atoms with Gasteiger partial charge in [0.15, 0.2) is 5.76 Å². The van der Waals surface area contributed by atoms with E-state index >= 15 is 0 Å². The highest BCUT2D eigenvalue weighted by atomic mass is 35.5. The van der Waals surface area contributed by atoms with Crippen LogP contribution in [0.1, 0.15) is 18.4 Å². The van der Waals surface area contributed by atoms with Crippen molar-refractivity contribution < 1.29 is 14.1 Å². The normalized spacial score (nSPS) is 10.6. The van der Waals surface area contributed by atoms with Crippen LogP contribution in [0.4, 0.5) is 5.69 Å². The minimum atomic E-state index is -0.363. The molecule has 0 aliphatic carbocycles. The van der Waals surface area contributed by atoms with Gasteiger partial charge in [-0.1, -0.05) is 22.8 Å². The van der Waals surface area contributed by atoms with Gasteiger partial charge in [0.1, 0.15) is 6.42 Å². The number of anilines is 1. The molecule has 0 amide bonds. The largest absolute Gasteiger partial charge is 0.466 e. The van der Waals surface area contributed by atoms with E-state index in [2.05, 4.69) is 5.16 Å². The summed E-state index contributed by atoms with van der Waals surface area (Å²) in [5.41, 5.74) is 8.60. The van der Waals surface area contributed by atoms with Crippen LogP contribution in [-0.4, -0.2) is 17.7 Å². The predicted octanol–water partition coefficient (Wildman–Crippen LogP) is 2.99. The number of aromatic nitrogens is 1. The maximum Gasteiger partial charge on any atom is 0.313 e. The molecular weight excluding hydrogens is 280 g/mol. The van der Waals surface area contributed by atoms with Gasteiger partial charge < -0.3 is 15.0 Å². The van der Waals surface area contributed by atoms with E-state index in [1.165, 1.54) is 0 Å². The van der Waals surface area contributed by atoms with Crippen LogP contribution >= 0.6 is 11.6 Å². The first-order chi connectivity index (χ1) is 9.52. The van der Waals surface area contributed by atoms with E-state index < -0.39 is 0 Å². The Labute approximate surface area is 121 Å². The molecular formula is C14H15ClN2O3. The predicted molar refractivity (Wildman–Crippen MR) is 76.4 cm³/mol. The second kappa shape index (κ2) is 5.96. The molecule has 0 atom stereocenters.